The molecule has 120 valence electrons. The first-order chi connectivity index (χ1) is 9.81. The minimum absolute atomic E-state index is 0. The summed E-state index contributed by atoms with van der Waals surface area (Å²) >= 11 is 1.98. The highest BCUT2D eigenvalue weighted by atomic mass is 127. The van der Waals surface area contributed by atoms with Crippen molar-refractivity contribution in [2.24, 2.45) is 4.99 Å². The molecule has 1 fully saturated rings. The van der Waals surface area contributed by atoms with Crippen LogP contribution in [-0.4, -0.2) is 35.2 Å². The maximum absolute atomic E-state index is 4.82. The molecule has 1 heterocycles. The van der Waals surface area contributed by atoms with Gasteiger partial charge in [0.1, 0.15) is 12.0 Å². The van der Waals surface area contributed by atoms with E-state index in [9.17, 15) is 0 Å². The Hall–Kier alpha value is -0.440. The summed E-state index contributed by atoms with van der Waals surface area (Å²) in [6.45, 7) is 3.49. The van der Waals surface area contributed by atoms with Crippen LogP contribution in [-0.2, 0) is 6.54 Å². The Kier molecular flexibility index (Phi) is 9.14. The maximum Gasteiger partial charge on any atom is 0.191 e. The Bertz CT molecular complexity index is 413. The first kappa shape index (κ1) is 18.6. The van der Waals surface area contributed by atoms with Crippen LogP contribution in [0.5, 0.6) is 0 Å². The molecule has 0 amide bonds. The van der Waals surface area contributed by atoms with Crippen molar-refractivity contribution in [1.29, 1.82) is 0 Å². The van der Waals surface area contributed by atoms with E-state index in [-0.39, 0.29) is 24.0 Å². The second-order valence-corrected chi connectivity index (χ2v) is 6.19. The molecule has 1 aromatic rings. The number of aliphatic imine (C=N–C) groups is 1. The zero-order chi connectivity index (χ0) is 14.2. The third kappa shape index (κ3) is 6.46. The predicted molar refractivity (Wildman–Crippen MR) is 99.4 cm³/mol. The Balaban J connectivity index is 0.00000220. The molecule has 2 N–H and O–H groups in total. The number of nitrogens with one attached hydrogen (secondary N) is 2. The van der Waals surface area contributed by atoms with Gasteiger partial charge in [0.25, 0.3) is 0 Å². The summed E-state index contributed by atoms with van der Waals surface area (Å²) in [5, 5.41) is 11.5. The molecule has 0 radical (unpaired) electrons. The second-order valence-electron chi connectivity index (χ2n) is 5.05. The topological polar surface area (TPSA) is 62.5 Å². The monoisotopic (exact) mass is 424 g/mol. The van der Waals surface area contributed by atoms with Gasteiger partial charge >= 0.3 is 0 Å². The van der Waals surface area contributed by atoms with Gasteiger partial charge in [0, 0.05) is 23.9 Å². The Labute approximate surface area is 148 Å². The van der Waals surface area contributed by atoms with Gasteiger partial charge in [-0.2, -0.15) is 11.8 Å². The van der Waals surface area contributed by atoms with E-state index >= 15 is 0 Å². The molecule has 0 bridgehead atoms. The standard InChI is InChI=1S/C14H24N4OS.HI/c1-3-15-14(16-10-12-7-8-19-18-12)17-11-5-4-6-13(9-11)20-2;/h7-8,11,13H,3-6,9-10H2,1-2H3,(H2,15,16,17);1H. The number of hydrogen-bond acceptors (Lipinski definition) is 4. The molecule has 0 aliphatic heterocycles. The lowest BCUT2D eigenvalue weighted by Gasteiger charge is -2.29. The molecule has 0 saturated heterocycles. The lowest BCUT2D eigenvalue weighted by atomic mass is 9.95. The van der Waals surface area contributed by atoms with Crippen LogP contribution < -0.4 is 10.6 Å². The highest BCUT2D eigenvalue weighted by Crippen LogP contribution is 2.26. The SMILES string of the molecule is CCNC(=NCc1ccon1)NC1CCCC(SC)C1.I. The fraction of sp³-hybridized carbons (Fsp3) is 0.714. The van der Waals surface area contributed by atoms with E-state index in [2.05, 4.69) is 34.0 Å². The first-order valence-corrected chi connectivity index (χ1v) is 8.57. The van der Waals surface area contributed by atoms with Crippen LogP contribution >= 0.6 is 35.7 Å². The van der Waals surface area contributed by atoms with Crippen LogP contribution in [0, 0.1) is 0 Å². The Morgan fingerprint density at radius 1 is 1.52 bits per heavy atom. The number of rotatable bonds is 5. The van der Waals surface area contributed by atoms with E-state index in [1.165, 1.54) is 25.7 Å². The third-order valence-corrected chi connectivity index (χ3v) is 4.63. The van der Waals surface area contributed by atoms with Crippen LogP contribution in [0.4, 0.5) is 0 Å². The summed E-state index contributed by atoms with van der Waals surface area (Å²) in [4.78, 5) is 4.57. The Morgan fingerprint density at radius 3 is 3.05 bits per heavy atom. The van der Waals surface area contributed by atoms with Crippen molar-refractivity contribution in [2.45, 2.75) is 50.4 Å². The van der Waals surface area contributed by atoms with Crippen LogP contribution in [0.3, 0.4) is 0 Å². The van der Waals surface area contributed by atoms with E-state index in [0.29, 0.717) is 12.6 Å². The largest absolute Gasteiger partial charge is 0.364 e. The number of thioether (sulfide) groups is 1. The molecule has 1 aliphatic rings. The average molecular weight is 424 g/mol. The molecule has 21 heavy (non-hydrogen) atoms. The van der Waals surface area contributed by atoms with Gasteiger partial charge in [-0.25, -0.2) is 4.99 Å². The lowest BCUT2D eigenvalue weighted by molar-refractivity contribution is 0.411. The molecule has 0 spiro atoms. The number of halogens is 1. The van der Waals surface area contributed by atoms with Gasteiger partial charge < -0.3 is 15.2 Å². The van der Waals surface area contributed by atoms with Crippen molar-refractivity contribution < 1.29 is 4.52 Å². The molecule has 2 atom stereocenters. The molecule has 2 rings (SSSR count). The van der Waals surface area contributed by atoms with Gasteiger partial charge in [-0.15, -0.1) is 24.0 Å². The lowest BCUT2D eigenvalue weighted by Crippen LogP contribution is -2.45. The summed E-state index contributed by atoms with van der Waals surface area (Å²) < 4.78 is 4.82. The molecule has 1 aromatic heterocycles. The Morgan fingerprint density at radius 2 is 2.38 bits per heavy atom. The summed E-state index contributed by atoms with van der Waals surface area (Å²) in [5.74, 6) is 0.877. The summed E-state index contributed by atoms with van der Waals surface area (Å²) in [6.07, 6.45) is 8.87. The number of hydrogen-bond donors (Lipinski definition) is 2. The van der Waals surface area contributed by atoms with Gasteiger partial charge in [0.05, 0.1) is 6.54 Å². The molecule has 1 saturated carbocycles. The van der Waals surface area contributed by atoms with E-state index in [1.807, 2.05) is 17.8 Å². The third-order valence-electron chi connectivity index (χ3n) is 3.53. The maximum atomic E-state index is 4.82. The van der Waals surface area contributed by atoms with Crippen LogP contribution in [0.2, 0.25) is 0 Å². The van der Waals surface area contributed by atoms with Crippen molar-refractivity contribution in [1.82, 2.24) is 15.8 Å². The zero-order valence-corrected chi connectivity index (χ0v) is 15.8. The molecular formula is C14H25IN4OS. The summed E-state index contributed by atoms with van der Waals surface area (Å²) in [6, 6.07) is 2.37. The van der Waals surface area contributed by atoms with E-state index in [0.717, 1.165) is 23.4 Å². The number of aromatic nitrogens is 1. The molecule has 5 nitrogen and oxygen atoms in total. The molecular weight excluding hydrogens is 399 g/mol. The summed E-state index contributed by atoms with van der Waals surface area (Å²) in [7, 11) is 0. The van der Waals surface area contributed by atoms with Crippen molar-refractivity contribution in [2.75, 3.05) is 12.8 Å². The zero-order valence-electron chi connectivity index (χ0n) is 12.7. The van der Waals surface area contributed by atoms with Crippen LogP contribution in [0.15, 0.2) is 21.8 Å². The molecule has 0 aromatic carbocycles. The van der Waals surface area contributed by atoms with Crippen molar-refractivity contribution in [3.05, 3.63) is 18.0 Å². The normalized spacial score (nSPS) is 22.5. The van der Waals surface area contributed by atoms with Gasteiger partial charge in [-0.3, -0.25) is 0 Å². The highest BCUT2D eigenvalue weighted by molar-refractivity contribution is 14.0. The van der Waals surface area contributed by atoms with E-state index in [4.69, 9.17) is 4.52 Å². The smallest absolute Gasteiger partial charge is 0.191 e. The van der Waals surface area contributed by atoms with Gasteiger partial charge in [0.15, 0.2) is 5.96 Å². The molecule has 1 aliphatic carbocycles. The van der Waals surface area contributed by atoms with Crippen molar-refractivity contribution in [3.63, 3.8) is 0 Å². The second kappa shape index (κ2) is 10.3. The van der Waals surface area contributed by atoms with Crippen LogP contribution in [0.1, 0.15) is 38.3 Å². The molecule has 7 heteroatoms. The van der Waals surface area contributed by atoms with Gasteiger partial charge in [-0.1, -0.05) is 11.6 Å². The fourth-order valence-corrected chi connectivity index (χ4v) is 3.31. The van der Waals surface area contributed by atoms with E-state index < -0.39 is 0 Å². The van der Waals surface area contributed by atoms with Gasteiger partial charge in [-0.05, 0) is 32.4 Å². The van der Waals surface area contributed by atoms with Crippen molar-refractivity contribution in [3.8, 4) is 0 Å². The first-order valence-electron chi connectivity index (χ1n) is 7.28. The van der Waals surface area contributed by atoms with Gasteiger partial charge in [0.2, 0.25) is 0 Å². The quantitative estimate of drug-likeness (QED) is 0.432. The number of guanidine groups is 1. The minimum atomic E-state index is 0. The number of nitrogens with zero attached hydrogens (tertiary/aromatic N) is 2. The average Bonchev–Trinajstić information content (AvgIpc) is 2.98. The predicted octanol–water partition coefficient (Wildman–Crippen LogP) is 3.02. The van der Waals surface area contributed by atoms with Crippen molar-refractivity contribution >= 4 is 41.7 Å². The highest BCUT2D eigenvalue weighted by Gasteiger charge is 2.21. The van der Waals surface area contributed by atoms with Crippen LogP contribution in [0.25, 0.3) is 0 Å². The minimum Gasteiger partial charge on any atom is -0.364 e. The van der Waals surface area contributed by atoms with E-state index in [1.54, 1.807) is 6.26 Å². The molecule has 2 unspecified atom stereocenters. The summed E-state index contributed by atoms with van der Waals surface area (Å²) in [5.41, 5.74) is 0.854. The fourth-order valence-electron chi connectivity index (χ4n) is 2.48.